The lowest BCUT2D eigenvalue weighted by molar-refractivity contribution is -0.279. The minimum atomic E-state index is -4.33. The summed E-state index contributed by atoms with van der Waals surface area (Å²) in [5.74, 6) is 0.870. The molecule has 0 saturated heterocycles. The van der Waals surface area contributed by atoms with E-state index in [1.165, 1.54) is 43.9 Å². The Morgan fingerprint density at radius 2 is 1.77 bits per heavy atom. The van der Waals surface area contributed by atoms with E-state index in [1.54, 1.807) is 0 Å². The summed E-state index contributed by atoms with van der Waals surface area (Å²) >= 11 is 0. The van der Waals surface area contributed by atoms with Crippen molar-refractivity contribution in [1.82, 2.24) is 0 Å². The van der Waals surface area contributed by atoms with Crippen LogP contribution in [0.15, 0.2) is 11.1 Å². The molecule has 0 aromatic rings. The van der Waals surface area contributed by atoms with E-state index >= 15 is 0 Å². The van der Waals surface area contributed by atoms with E-state index in [-0.39, 0.29) is 5.41 Å². The van der Waals surface area contributed by atoms with Gasteiger partial charge in [-0.2, -0.15) is 13.2 Å². The lowest BCUT2D eigenvalue weighted by Gasteiger charge is -2.53. The molecular formula is C24H39F3O3Si. The molecule has 7 heteroatoms. The number of halogens is 3. The zero-order valence-electron chi connectivity index (χ0n) is 19.7. The van der Waals surface area contributed by atoms with Gasteiger partial charge >= 0.3 is 6.18 Å². The Bertz CT molecular complexity index is 716. The van der Waals surface area contributed by atoms with Crippen molar-refractivity contribution < 1.29 is 27.1 Å². The zero-order chi connectivity index (χ0) is 22.7. The summed E-state index contributed by atoms with van der Waals surface area (Å²) in [6.07, 6.45) is 4.81. The lowest BCUT2D eigenvalue weighted by Crippen LogP contribution is -2.49. The van der Waals surface area contributed by atoms with Crippen molar-refractivity contribution in [3.05, 3.63) is 11.1 Å². The van der Waals surface area contributed by atoms with E-state index in [2.05, 4.69) is 26.6 Å². The van der Waals surface area contributed by atoms with Crippen LogP contribution in [0.1, 0.15) is 64.7 Å². The van der Waals surface area contributed by atoms with E-state index < -0.39 is 26.9 Å². The van der Waals surface area contributed by atoms with Gasteiger partial charge in [-0.3, -0.25) is 0 Å². The number of methoxy groups -OCH3 is 1. The first-order chi connectivity index (χ1) is 14.4. The molecule has 0 aliphatic heterocycles. The topological polar surface area (TPSA) is 27.7 Å². The Hall–Kier alpha value is -0.373. The smallest absolute Gasteiger partial charge is 0.411 e. The molecule has 0 amide bonds. The first-order valence-corrected chi connectivity index (χ1v) is 15.4. The summed E-state index contributed by atoms with van der Waals surface area (Å²) < 4.78 is 55.8. The van der Waals surface area contributed by atoms with Gasteiger partial charge in [-0.05, 0) is 87.8 Å². The van der Waals surface area contributed by atoms with E-state index in [1.807, 2.05) is 0 Å². The molecule has 0 N–H and O–H groups in total. The maximum absolute atomic E-state index is 12.8. The van der Waals surface area contributed by atoms with Gasteiger partial charge in [0.2, 0.25) is 0 Å². The average molecular weight is 461 g/mol. The summed E-state index contributed by atoms with van der Waals surface area (Å²) in [5.41, 5.74) is 3.12. The first-order valence-electron chi connectivity index (χ1n) is 12.0. The van der Waals surface area contributed by atoms with Crippen LogP contribution in [0.3, 0.4) is 0 Å². The minimum absolute atomic E-state index is 0.278. The molecule has 0 spiro atoms. The number of alkyl halides is 3. The standard InChI is InChI=1S/C24H39F3O3Si/c1-22-12-10-18-17-11-13-23(28-2,29-15-24(25,26)27)14-16(17)6-7-19(18)20(22)8-9-21(22)30-31(3,4)5/h18-21H,6-15H2,1-5H3/t18-,19-,20+,21+,22+,23?/m1/s1. The summed E-state index contributed by atoms with van der Waals surface area (Å²) in [6, 6.07) is 0. The molecule has 2 saturated carbocycles. The average Bonchev–Trinajstić information content (AvgIpc) is 3.00. The fourth-order valence-corrected chi connectivity index (χ4v) is 8.57. The predicted molar refractivity (Wildman–Crippen MR) is 117 cm³/mol. The van der Waals surface area contributed by atoms with Crippen molar-refractivity contribution in [2.24, 2.45) is 23.2 Å². The van der Waals surface area contributed by atoms with Crippen LogP contribution in [-0.2, 0) is 13.9 Å². The second-order valence-electron chi connectivity index (χ2n) is 11.6. The van der Waals surface area contributed by atoms with Gasteiger partial charge in [-0.25, -0.2) is 0 Å². The quantitative estimate of drug-likeness (QED) is 0.255. The van der Waals surface area contributed by atoms with Gasteiger partial charge in [0.05, 0.1) is 6.10 Å². The van der Waals surface area contributed by atoms with Gasteiger partial charge in [0.1, 0.15) is 6.61 Å². The fourth-order valence-electron chi connectivity index (χ4n) is 7.33. The van der Waals surface area contributed by atoms with Gasteiger partial charge in [0, 0.05) is 20.0 Å². The van der Waals surface area contributed by atoms with E-state index in [0.29, 0.717) is 36.7 Å². The van der Waals surface area contributed by atoms with Gasteiger partial charge in [-0.15, -0.1) is 0 Å². The van der Waals surface area contributed by atoms with Gasteiger partial charge in [0.25, 0.3) is 0 Å². The molecule has 2 fully saturated rings. The van der Waals surface area contributed by atoms with Crippen LogP contribution in [0.5, 0.6) is 0 Å². The summed E-state index contributed by atoms with van der Waals surface area (Å²) in [7, 11) is -0.0932. The van der Waals surface area contributed by atoms with Crippen LogP contribution < -0.4 is 0 Å². The summed E-state index contributed by atoms with van der Waals surface area (Å²) in [6.45, 7) is 8.10. The number of rotatable bonds is 5. The molecule has 178 valence electrons. The highest BCUT2D eigenvalue weighted by Crippen LogP contribution is 2.62. The molecule has 0 aromatic heterocycles. The molecule has 4 aliphatic rings. The third-order valence-corrected chi connectivity index (χ3v) is 9.65. The highest BCUT2D eigenvalue weighted by atomic mass is 28.4. The van der Waals surface area contributed by atoms with Crippen molar-refractivity contribution in [3.8, 4) is 0 Å². The number of ether oxygens (including phenoxy) is 2. The lowest BCUT2D eigenvalue weighted by atomic mass is 9.54. The number of fused-ring (bicyclic) bond motifs is 4. The van der Waals surface area contributed by atoms with E-state index in [4.69, 9.17) is 13.9 Å². The van der Waals surface area contributed by atoms with Crippen LogP contribution in [0.25, 0.3) is 0 Å². The maximum Gasteiger partial charge on any atom is 0.411 e. The Balaban J connectivity index is 1.50. The third-order valence-electron chi connectivity index (χ3n) is 8.66. The van der Waals surface area contributed by atoms with E-state index in [0.717, 1.165) is 19.3 Å². The molecule has 0 radical (unpaired) electrons. The van der Waals surface area contributed by atoms with Gasteiger partial charge in [0.15, 0.2) is 14.1 Å². The molecule has 0 aromatic carbocycles. The summed E-state index contributed by atoms with van der Waals surface area (Å²) in [5, 5.41) is 0. The highest BCUT2D eigenvalue weighted by Gasteiger charge is 2.57. The van der Waals surface area contributed by atoms with Crippen LogP contribution in [0, 0.1) is 23.2 Å². The Morgan fingerprint density at radius 3 is 2.42 bits per heavy atom. The van der Waals surface area contributed by atoms with Crippen molar-refractivity contribution in [3.63, 3.8) is 0 Å². The van der Waals surface area contributed by atoms with Crippen molar-refractivity contribution in [2.45, 2.75) is 102 Å². The molecular weight excluding hydrogens is 421 g/mol. The number of allylic oxidation sites excluding steroid dienone is 1. The van der Waals surface area contributed by atoms with Gasteiger partial charge in [-0.1, -0.05) is 18.1 Å². The van der Waals surface area contributed by atoms with Crippen molar-refractivity contribution in [2.75, 3.05) is 13.7 Å². The largest absolute Gasteiger partial charge is 0.414 e. The van der Waals surface area contributed by atoms with Crippen LogP contribution >= 0.6 is 0 Å². The molecule has 6 atom stereocenters. The Morgan fingerprint density at radius 1 is 1.03 bits per heavy atom. The van der Waals surface area contributed by atoms with E-state index in [9.17, 15) is 13.2 Å². The minimum Gasteiger partial charge on any atom is -0.414 e. The third kappa shape index (κ3) is 4.66. The van der Waals surface area contributed by atoms with Crippen LogP contribution in [0.2, 0.25) is 19.6 Å². The molecule has 4 aliphatic carbocycles. The molecule has 0 bridgehead atoms. The number of hydrogen-bond acceptors (Lipinski definition) is 3. The van der Waals surface area contributed by atoms with Gasteiger partial charge < -0.3 is 13.9 Å². The second kappa shape index (κ2) is 8.14. The molecule has 4 rings (SSSR count). The number of hydrogen-bond donors (Lipinski definition) is 0. The fraction of sp³-hybridized carbons (Fsp3) is 0.917. The maximum atomic E-state index is 12.8. The molecule has 1 unspecified atom stereocenters. The highest BCUT2D eigenvalue weighted by molar-refractivity contribution is 6.69. The second-order valence-corrected chi connectivity index (χ2v) is 16.0. The predicted octanol–water partition coefficient (Wildman–Crippen LogP) is 6.84. The van der Waals surface area contributed by atoms with Crippen LogP contribution in [0.4, 0.5) is 13.2 Å². The van der Waals surface area contributed by atoms with Crippen molar-refractivity contribution in [1.29, 1.82) is 0 Å². The summed E-state index contributed by atoms with van der Waals surface area (Å²) in [4.78, 5) is 0. The Labute approximate surface area is 186 Å². The Kier molecular flexibility index (Phi) is 6.24. The monoisotopic (exact) mass is 460 g/mol. The SMILES string of the molecule is COC1(OCC(F)(F)F)CCC2=C(CC[C@@H]3[C@@H]2CC[C@]2(C)[C@@H](O[Si](C)(C)C)CC[C@@H]32)C1. The van der Waals surface area contributed by atoms with Crippen molar-refractivity contribution >= 4 is 8.32 Å². The molecule has 0 heterocycles. The zero-order valence-corrected chi connectivity index (χ0v) is 20.7. The first kappa shape index (κ1) is 23.8. The molecule has 3 nitrogen and oxygen atoms in total. The van der Waals surface area contributed by atoms with Crippen LogP contribution in [-0.4, -0.2) is 40.1 Å². The molecule has 31 heavy (non-hydrogen) atoms. The normalized spacial score (nSPS) is 41.0.